The molecule has 0 unspecified atom stereocenters. The van der Waals surface area contributed by atoms with Gasteiger partial charge >= 0.3 is 0 Å². The molecule has 12 rings (SSSR count). The number of hydrogen-bond acceptors (Lipinski definition) is 1. The Kier molecular flexibility index (Phi) is 8.17. The minimum atomic E-state index is -0.547. The summed E-state index contributed by atoms with van der Waals surface area (Å²) in [7, 11) is 0. The highest BCUT2D eigenvalue weighted by Gasteiger charge is 2.53. The summed E-state index contributed by atoms with van der Waals surface area (Å²) in [5.41, 5.74) is 25.4. The summed E-state index contributed by atoms with van der Waals surface area (Å²) >= 11 is 0. The molecule has 0 saturated carbocycles. The second-order valence-corrected chi connectivity index (χ2v) is 17.7. The van der Waals surface area contributed by atoms with Crippen molar-refractivity contribution in [3.8, 4) is 55.6 Å². The van der Waals surface area contributed by atoms with Crippen LogP contribution in [-0.2, 0) is 10.8 Å². The summed E-state index contributed by atoms with van der Waals surface area (Å²) in [6, 6.07) is 74.6. The standard InChI is InChI=1S/C62H45N/c1-5-40-26-33-52-53-34-27-41(6-2)37-59(53)62(58(52)36-40)56-25-13-11-21-50(56)54-23-15-22-48(60(54)62)44-18-14-19-46(38-44)63(45-30-28-43(29-31-45)42-16-8-7-9-17-42)47-32-35-51-49-20-10-12-24-55(49)61(3,4)57(51)39-47/h5-39H,1-2H2,3-4H3. The molecule has 298 valence electrons. The molecule has 0 bridgehead atoms. The summed E-state index contributed by atoms with van der Waals surface area (Å²) in [5, 5.41) is 0. The molecule has 1 spiro atoms. The molecule has 63 heavy (non-hydrogen) atoms. The molecule has 3 aliphatic rings. The fraction of sp³-hybridized carbons (Fsp3) is 0.0645. The minimum absolute atomic E-state index is 0.134. The Morgan fingerprint density at radius 3 is 1.54 bits per heavy atom. The number of rotatable bonds is 7. The molecule has 0 aliphatic heterocycles. The molecule has 3 aliphatic carbocycles. The molecule has 0 radical (unpaired) electrons. The third kappa shape index (κ3) is 5.30. The third-order valence-corrected chi connectivity index (χ3v) is 14.2. The maximum absolute atomic E-state index is 4.22. The largest absolute Gasteiger partial charge is 0.310 e. The lowest BCUT2D eigenvalue weighted by Crippen LogP contribution is -2.27. The van der Waals surface area contributed by atoms with E-state index >= 15 is 0 Å². The van der Waals surface area contributed by atoms with Crippen LogP contribution in [0.15, 0.2) is 213 Å². The molecule has 0 heterocycles. The molecule has 1 nitrogen and oxygen atoms in total. The van der Waals surface area contributed by atoms with Crippen LogP contribution in [0, 0.1) is 0 Å². The SMILES string of the molecule is C=Cc1ccc2c(c1)C1(c3cc(C=C)ccc3-2)c2ccccc2-c2cccc(-c3cccc(N(c4ccc(-c5ccccc5)cc4)c4ccc5c(c4)C(C)(C)c4ccccc4-5)c3)c21. The van der Waals surface area contributed by atoms with Gasteiger partial charge in [-0.25, -0.2) is 0 Å². The Morgan fingerprint density at radius 2 is 0.841 bits per heavy atom. The lowest BCUT2D eigenvalue weighted by Gasteiger charge is -2.33. The lowest BCUT2D eigenvalue weighted by atomic mass is 9.68. The second-order valence-electron chi connectivity index (χ2n) is 17.7. The van der Waals surface area contributed by atoms with Crippen molar-refractivity contribution in [1.29, 1.82) is 0 Å². The molecular formula is C62H45N. The van der Waals surface area contributed by atoms with Crippen LogP contribution in [0.5, 0.6) is 0 Å². The van der Waals surface area contributed by atoms with Crippen molar-refractivity contribution in [2.24, 2.45) is 0 Å². The van der Waals surface area contributed by atoms with Gasteiger partial charge in [-0.05, 0) is 149 Å². The highest BCUT2D eigenvalue weighted by Crippen LogP contribution is 2.65. The first kappa shape index (κ1) is 37.1. The highest BCUT2D eigenvalue weighted by molar-refractivity contribution is 6.00. The van der Waals surface area contributed by atoms with Gasteiger partial charge in [0.25, 0.3) is 0 Å². The van der Waals surface area contributed by atoms with Crippen molar-refractivity contribution in [2.45, 2.75) is 24.7 Å². The van der Waals surface area contributed by atoms with Gasteiger partial charge in [0.1, 0.15) is 0 Å². The van der Waals surface area contributed by atoms with E-state index in [4.69, 9.17) is 0 Å². The Morgan fingerprint density at radius 1 is 0.349 bits per heavy atom. The summed E-state index contributed by atoms with van der Waals surface area (Å²) in [5.74, 6) is 0. The van der Waals surface area contributed by atoms with Crippen LogP contribution < -0.4 is 4.90 Å². The van der Waals surface area contributed by atoms with E-state index in [1.54, 1.807) is 0 Å². The summed E-state index contributed by atoms with van der Waals surface area (Å²) in [6.45, 7) is 13.2. The van der Waals surface area contributed by atoms with E-state index < -0.39 is 5.41 Å². The van der Waals surface area contributed by atoms with Crippen molar-refractivity contribution in [3.05, 3.63) is 258 Å². The predicted octanol–water partition coefficient (Wildman–Crippen LogP) is 16.4. The van der Waals surface area contributed by atoms with Crippen molar-refractivity contribution in [3.63, 3.8) is 0 Å². The zero-order valence-electron chi connectivity index (χ0n) is 35.6. The normalized spacial score (nSPS) is 13.9. The van der Waals surface area contributed by atoms with Gasteiger partial charge < -0.3 is 4.90 Å². The number of hydrogen-bond donors (Lipinski definition) is 0. The van der Waals surface area contributed by atoms with Crippen molar-refractivity contribution < 1.29 is 0 Å². The average molecular weight is 804 g/mol. The Bertz CT molecular complexity index is 3290. The number of fused-ring (bicyclic) bond motifs is 13. The topological polar surface area (TPSA) is 3.24 Å². The van der Waals surface area contributed by atoms with E-state index in [-0.39, 0.29) is 5.41 Å². The summed E-state index contributed by atoms with van der Waals surface area (Å²) < 4.78 is 0. The molecule has 0 fully saturated rings. The zero-order chi connectivity index (χ0) is 42.5. The van der Waals surface area contributed by atoms with Crippen molar-refractivity contribution in [2.75, 3.05) is 4.90 Å². The first-order valence-corrected chi connectivity index (χ1v) is 22.0. The van der Waals surface area contributed by atoms with Crippen LogP contribution in [0.3, 0.4) is 0 Å². The van der Waals surface area contributed by atoms with Crippen LogP contribution in [0.25, 0.3) is 67.8 Å². The fourth-order valence-electron chi connectivity index (χ4n) is 11.3. The van der Waals surface area contributed by atoms with E-state index in [1.165, 1.54) is 89.0 Å². The number of nitrogens with zero attached hydrogens (tertiary/aromatic N) is 1. The van der Waals surface area contributed by atoms with Gasteiger partial charge in [-0.15, -0.1) is 0 Å². The van der Waals surface area contributed by atoms with Gasteiger partial charge in [0.15, 0.2) is 0 Å². The van der Waals surface area contributed by atoms with Crippen LogP contribution in [-0.4, -0.2) is 0 Å². The van der Waals surface area contributed by atoms with E-state index in [0.717, 1.165) is 28.2 Å². The van der Waals surface area contributed by atoms with E-state index in [0.29, 0.717) is 0 Å². The van der Waals surface area contributed by atoms with Gasteiger partial charge in [-0.3, -0.25) is 0 Å². The van der Waals surface area contributed by atoms with Crippen molar-refractivity contribution in [1.82, 2.24) is 0 Å². The zero-order valence-corrected chi connectivity index (χ0v) is 35.6. The van der Waals surface area contributed by atoms with Gasteiger partial charge in [-0.2, -0.15) is 0 Å². The maximum atomic E-state index is 4.22. The monoisotopic (exact) mass is 803 g/mol. The molecule has 9 aromatic carbocycles. The van der Waals surface area contributed by atoms with E-state index in [1.807, 2.05) is 12.2 Å². The Hall–Kier alpha value is -7.74. The van der Waals surface area contributed by atoms with Gasteiger partial charge in [0.2, 0.25) is 0 Å². The van der Waals surface area contributed by atoms with E-state index in [2.05, 4.69) is 232 Å². The molecular weight excluding hydrogens is 759 g/mol. The van der Waals surface area contributed by atoms with Crippen molar-refractivity contribution >= 4 is 29.2 Å². The first-order valence-electron chi connectivity index (χ1n) is 22.0. The molecule has 0 N–H and O–H groups in total. The predicted molar refractivity (Wildman–Crippen MR) is 266 cm³/mol. The van der Waals surface area contributed by atoms with Crippen LogP contribution in [0.4, 0.5) is 17.1 Å². The highest BCUT2D eigenvalue weighted by atomic mass is 15.1. The molecule has 1 heteroatoms. The van der Waals surface area contributed by atoms with Crippen LogP contribution in [0.2, 0.25) is 0 Å². The fourth-order valence-corrected chi connectivity index (χ4v) is 11.3. The Balaban J connectivity index is 1.08. The van der Waals surface area contributed by atoms with Gasteiger partial charge in [0, 0.05) is 22.5 Å². The van der Waals surface area contributed by atoms with Crippen LogP contribution in [0.1, 0.15) is 58.4 Å². The summed E-state index contributed by atoms with van der Waals surface area (Å²) in [6.07, 6.45) is 3.95. The van der Waals surface area contributed by atoms with Crippen LogP contribution >= 0.6 is 0 Å². The minimum Gasteiger partial charge on any atom is -0.310 e. The maximum Gasteiger partial charge on any atom is 0.0731 e. The molecule has 9 aromatic rings. The quantitative estimate of drug-likeness (QED) is 0.155. The molecule has 0 aromatic heterocycles. The first-order chi connectivity index (χ1) is 30.9. The third-order valence-electron chi connectivity index (χ3n) is 14.2. The lowest BCUT2D eigenvalue weighted by molar-refractivity contribution is 0.660. The van der Waals surface area contributed by atoms with Gasteiger partial charge in [-0.1, -0.05) is 191 Å². The number of anilines is 3. The van der Waals surface area contributed by atoms with E-state index in [9.17, 15) is 0 Å². The smallest absolute Gasteiger partial charge is 0.0731 e. The molecule has 0 saturated heterocycles. The average Bonchev–Trinajstić information content (AvgIpc) is 3.89. The van der Waals surface area contributed by atoms with Gasteiger partial charge in [0.05, 0.1) is 5.41 Å². The molecule has 0 atom stereocenters. The number of benzene rings is 9. The Labute approximate surface area is 370 Å². The summed E-state index contributed by atoms with van der Waals surface area (Å²) in [4.78, 5) is 2.44. The molecule has 0 amide bonds. The second kappa shape index (κ2) is 13.9.